The van der Waals surface area contributed by atoms with Crippen molar-refractivity contribution in [3.8, 4) is 22.9 Å². The number of hydrogen-bond donors (Lipinski definition) is 0. The zero-order valence-electron chi connectivity index (χ0n) is 43.4. The second kappa shape index (κ2) is 15.1. The van der Waals surface area contributed by atoms with E-state index in [1.807, 2.05) is 0 Å². The molecule has 12 aromatic carbocycles. The minimum absolute atomic E-state index is 0.135. The maximum absolute atomic E-state index is 7.36. The molecule has 372 valence electrons. The lowest BCUT2D eigenvalue weighted by Crippen LogP contribution is -2.69. The van der Waals surface area contributed by atoms with E-state index < -0.39 is 0 Å². The average molecular weight is 1030 g/mol. The Kier molecular flexibility index (Phi) is 7.92. The molecule has 15 aromatic rings. The number of anilines is 9. The van der Waals surface area contributed by atoms with Crippen LogP contribution in [0.3, 0.4) is 0 Å². The van der Waals surface area contributed by atoms with Crippen LogP contribution in [0.1, 0.15) is 0 Å². The molecule has 81 heavy (non-hydrogen) atoms. The summed E-state index contributed by atoms with van der Waals surface area (Å²) >= 11 is 0. The molecule has 0 fully saturated rings. The highest BCUT2D eigenvalue weighted by Gasteiger charge is 2.55. The molecule has 0 radical (unpaired) electrons. The first-order valence-corrected chi connectivity index (χ1v) is 28.0. The molecule has 0 atom stereocenters. The van der Waals surface area contributed by atoms with Gasteiger partial charge >= 0.3 is 0 Å². The zero-order valence-corrected chi connectivity index (χ0v) is 43.4. The Morgan fingerprint density at radius 1 is 0.284 bits per heavy atom. The summed E-state index contributed by atoms with van der Waals surface area (Å²) in [5, 5.41) is 7.16. The number of ether oxygens (including phenoxy) is 1. The molecule has 0 amide bonds. The van der Waals surface area contributed by atoms with E-state index in [1.165, 1.54) is 82.1 Å². The van der Waals surface area contributed by atoms with Crippen LogP contribution < -0.4 is 52.2 Å². The van der Waals surface area contributed by atoms with E-state index in [2.05, 4.69) is 273 Å². The van der Waals surface area contributed by atoms with Crippen LogP contribution in [0.5, 0.6) is 11.5 Å². The lowest BCUT2D eigenvalue weighted by atomic mass is 9.28. The largest absolute Gasteiger partial charge is 0.456 e. The van der Waals surface area contributed by atoms with Gasteiger partial charge in [0.25, 0.3) is 13.4 Å². The van der Waals surface area contributed by atoms with Crippen molar-refractivity contribution in [2.75, 3.05) is 14.7 Å². The summed E-state index contributed by atoms with van der Waals surface area (Å²) in [7, 11) is 0. The quantitative estimate of drug-likeness (QED) is 0.164. The van der Waals surface area contributed by atoms with Gasteiger partial charge in [0.1, 0.15) is 11.2 Å². The maximum atomic E-state index is 7.36. The Bertz CT molecular complexity index is 5230. The molecule has 8 heterocycles. The third-order valence-electron chi connectivity index (χ3n) is 18.4. The van der Waals surface area contributed by atoms with Gasteiger partial charge in [-0.3, -0.25) is 0 Å². The Morgan fingerprint density at radius 3 is 1.35 bits per heavy atom. The van der Waals surface area contributed by atoms with Crippen LogP contribution >= 0.6 is 0 Å². The van der Waals surface area contributed by atoms with E-state index in [0.717, 1.165) is 90.3 Å². The van der Waals surface area contributed by atoms with Gasteiger partial charge in [0.2, 0.25) is 0 Å². The fourth-order valence-electron chi connectivity index (χ4n) is 15.4. The second-order valence-electron chi connectivity index (χ2n) is 22.3. The lowest BCUT2D eigenvalue weighted by Gasteiger charge is -2.52. The topological polar surface area (TPSA) is 42.0 Å². The van der Waals surface area contributed by atoms with Gasteiger partial charge < -0.3 is 33.0 Å². The molecule has 0 aliphatic carbocycles. The van der Waals surface area contributed by atoms with Gasteiger partial charge in [-0.15, -0.1) is 0 Å². The number of fused-ring (bicyclic) bond motifs is 16. The van der Waals surface area contributed by atoms with Crippen molar-refractivity contribution < 1.29 is 9.15 Å². The summed E-state index contributed by atoms with van der Waals surface area (Å²) in [4.78, 5) is 7.75. The van der Waals surface area contributed by atoms with Crippen LogP contribution in [0.2, 0.25) is 0 Å². The number of para-hydroxylation sites is 8. The minimum Gasteiger partial charge on any atom is -0.456 e. The fraction of sp³-hybridized carbons (Fsp3) is 0. The molecule has 3 aromatic heterocycles. The second-order valence-corrected chi connectivity index (χ2v) is 22.3. The average Bonchev–Trinajstić information content (AvgIpc) is 1.59. The van der Waals surface area contributed by atoms with Gasteiger partial charge in [-0.25, -0.2) is 0 Å². The van der Waals surface area contributed by atoms with Crippen molar-refractivity contribution in [3.63, 3.8) is 0 Å². The van der Waals surface area contributed by atoms with Gasteiger partial charge in [0, 0.05) is 89.6 Å². The van der Waals surface area contributed by atoms with Crippen molar-refractivity contribution in [3.05, 3.63) is 249 Å². The van der Waals surface area contributed by atoms with Crippen molar-refractivity contribution in [2.24, 2.45) is 0 Å². The number of nitrogens with zero attached hydrogens (tertiary/aromatic N) is 5. The Balaban J connectivity index is 0.947. The van der Waals surface area contributed by atoms with E-state index >= 15 is 0 Å². The van der Waals surface area contributed by atoms with Gasteiger partial charge in [0.05, 0.1) is 33.4 Å². The number of hydrogen-bond acceptors (Lipinski definition) is 5. The molecule has 0 unspecified atom stereocenters. The molecule has 0 N–H and O–H groups in total. The van der Waals surface area contributed by atoms with E-state index in [0.29, 0.717) is 0 Å². The molecule has 0 saturated carbocycles. The standard InChI is InChI=1S/C72H41B2N5O2/c1-3-18-42(19-4-1)75-58-38-44(77-54-28-12-7-22-46(54)47-23-8-13-29-55(47)77)34-36-51(58)73-53-27-17-33-63-70(53)79-71-65(81-63)41-64-66(50-26-11-16-32-62(50)80-64)69(71)74-52-37-35-45(78-56-30-14-9-24-48(56)49-25-10-15-31-57(49)78)39-59(52)76(43-20-5-2-6-21-43)61-40-60(75)67(73)72(79)68(61)74/h1-41H. The van der Waals surface area contributed by atoms with Crippen LogP contribution in [-0.2, 0) is 0 Å². The first kappa shape index (κ1) is 42.4. The van der Waals surface area contributed by atoms with E-state index in [1.54, 1.807) is 0 Å². The highest BCUT2D eigenvalue weighted by molar-refractivity contribution is 7.05. The summed E-state index contributed by atoms with van der Waals surface area (Å²) < 4.78 is 19.2. The zero-order chi connectivity index (χ0) is 52.3. The van der Waals surface area contributed by atoms with Crippen LogP contribution in [0, 0.1) is 0 Å². The van der Waals surface area contributed by atoms with Gasteiger partial charge in [-0.1, -0.05) is 152 Å². The van der Waals surface area contributed by atoms with E-state index in [9.17, 15) is 0 Å². The van der Waals surface area contributed by atoms with Gasteiger partial charge in [0.15, 0.2) is 11.5 Å². The first-order valence-electron chi connectivity index (χ1n) is 28.0. The number of furan rings is 1. The molecule has 9 heteroatoms. The van der Waals surface area contributed by atoms with E-state index in [-0.39, 0.29) is 13.4 Å². The van der Waals surface area contributed by atoms with Gasteiger partial charge in [-0.2, -0.15) is 0 Å². The summed E-state index contributed by atoms with van der Waals surface area (Å²) in [5.41, 5.74) is 26.2. The third kappa shape index (κ3) is 5.27. The summed E-state index contributed by atoms with van der Waals surface area (Å²) in [6, 6.07) is 91.8. The first-order chi connectivity index (χ1) is 40.2. The molecule has 0 spiro atoms. The molecule has 0 bridgehead atoms. The Labute approximate surface area is 465 Å². The van der Waals surface area contributed by atoms with Crippen LogP contribution in [0.15, 0.2) is 253 Å². The van der Waals surface area contributed by atoms with Crippen molar-refractivity contribution >= 4 is 163 Å². The highest BCUT2D eigenvalue weighted by Crippen LogP contribution is 2.57. The molecular weight excluding hydrogens is 988 g/mol. The van der Waals surface area contributed by atoms with E-state index in [4.69, 9.17) is 9.15 Å². The maximum Gasteiger partial charge on any atom is 0.253 e. The van der Waals surface area contributed by atoms with Crippen LogP contribution in [-0.4, -0.2) is 22.6 Å². The molecule has 0 saturated heterocycles. The van der Waals surface area contributed by atoms with Gasteiger partial charge in [-0.05, 0) is 124 Å². The van der Waals surface area contributed by atoms with Crippen LogP contribution in [0.4, 0.5) is 51.2 Å². The lowest BCUT2D eigenvalue weighted by molar-refractivity contribution is 0.477. The molecule has 5 aliphatic heterocycles. The van der Waals surface area contributed by atoms with Crippen molar-refractivity contribution in [1.82, 2.24) is 9.13 Å². The molecule has 5 aliphatic rings. The Hall–Kier alpha value is -10.6. The molecular formula is C72H41B2N5O2. The molecule has 20 rings (SSSR count). The Morgan fingerprint density at radius 2 is 0.778 bits per heavy atom. The normalized spacial score (nSPS) is 13.9. The van der Waals surface area contributed by atoms with Crippen molar-refractivity contribution in [2.45, 2.75) is 0 Å². The number of benzene rings is 12. The SMILES string of the molecule is c1ccc(N2c3cc(-n4c5ccccc5c5ccccc54)ccc3B3c4cccc5c4N4c6c3c2cc2c6B(c3ccc(-n6c7ccccc7c7ccccc76)cc3N2c2ccccc2)c2c4c(cc3oc4ccccc4c23)O5)cc1. The van der Waals surface area contributed by atoms with Crippen molar-refractivity contribution in [1.29, 1.82) is 0 Å². The smallest absolute Gasteiger partial charge is 0.253 e. The monoisotopic (exact) mass is 1030 g/mol. The predicted molar refractivity (Wildman–Crippen MR) is 336 cm³/mol. The summed E-state index contributed by atoms with van der Waals surface area (Å²) in [6.07, 6.45) is 0. The molecule has 7 nitrogen and oxygen atoms in total. The summed E-state index contributed by atoms with van der Waals surface area (Å²) in [6.45, 7) is -0.360. The third-order valence-corrected chi connectivity index (χ3v) is 18.4. The minimum atomic E-state index is -0.225. The predicted octanol–water partition coefficient (Wildman–Crippen LogP) is 14.6. The summed E-state index contributed by atoms with van der Waals surface area (Å²) in [5.74, 6) is 1.64. The number of aromatic nitrogens is 2. The number of rotatable bonds is 4. The highest BCUT2D eigenvalue weighted by atomic mass is 16.5. The fourth-order valence-corrected chi connectivity index (χ4v) is 15.4. The van der Waals surface area contributed by atoms with Crippen LogP contribution in [0.25, 0.3) is 76.9 Å².